The Morgan fingerprint density at radius 2 is 1.89 bits per heavy atom. The van der Waals surface area contributed by atoms with E-state index in [9.17, 15) is 13.6 Å². The van der Waals surface area contributed by atoms with Crippen molar-refractivity contribution in [3.8, 4) is 0 Å². The van der Waals surface area contributed by atoms with Crippen LogP contribution in [0.2, 0.25) is 0 Å². The summed E-state index contributed by atoms with van der Waals surface area (Å²) in [6.45, 7) is 1.85. The lowest BCUT2D eigenvalue weighted by molar-refractivity contribution is 0.0642. The van der Waals surface area contributed by atoms with Crippen molar-refractivity contribution in [2.75, 3.05) is 25.5 Å². The summed E-state index contributed by atoms with van der Waals surface area (Å²) >= 11 is 0. The second-order valence-electron chi connectivity index (χ2n) is 4.62. The number of hydrogen-bond donors (Lipinski definition) is 2. The first-order chi connectivity index (χ1) is 9.08. The maximum atomic E-state index is 13.2. The lowest BCUT2D eigenvalue weighted by Crippen LogP contribution is -2.32. The van der Waals surface area contributed by atoms with Gasteiger partial charge in [0.2, 0.25) is 0 Å². The van der Waals surface area contributed by atoms with Crippen LogP contribution >= 0.6 is 0 Å². The molecule has 0 saturated carbocycles. The summed E-state index contributed by atoms with van der Waals surface area (Å²) in [6, 6.07) is 1.88. The third kappa shape index (κ3) is 3.41. The van der Waals surface area contributed by atoms with Crippen LogP contribution in [0.25, 0.3) is 0 Å². The molecular formula is C13H16F2N2O2. The Labute approximate surface area is 109 Å². The summed E-state index contributed by atoms with van der Waals surface area (Å²) < 4.78 is 31.7. The molecule has 0 bridgehead atoms. The number of hydrogen-bond acceptors (Lipinski definition) is 3. The van der Waals surface area contributed by atoms with Crippen LogP contribution in [0.5, 0.6) is 0 Å². The summed E-state index contributed by atoms with van der Waals surface area (Å²) in [4.78, 5) is 11.8. The molecule has 1 fully saturated rings. The van der Waals surface area contributed by atoms with Crippen LogP contribution in [0.15, 0.2) is 12.1 Å². The van der Waals surface area contributed by atoms with Gasteiger partial charge < -0.3 is 15.8 Å². The van der Waals surface area contributed by atoms with Crippen molar-refractivity contribution in [3.05, 3.63) is 29.3 Å². The van der Waals surface area contributed by atoms with Crippen LogP contribution in [-0.2, 0) is 4.74 Å². The lowest BCUT2D eigenvalue weighted by atomic mass is 10.0. The molecule has 6 heteroatoms. The van der Waals surface area contributed by atoms with Gasteiger partial charge in [0, 0.05) is 25.3 Å². The maximum absolute atomic E-state index is 13.2. The molecule has 1 saturated heterocycles. The van der Waals surface area contributed by atoms with Gasteiger partial charge in [0.1, 0.15) is 17.3 Å². The van der Waals surface area contributed by atoms with Crippen molar-refractivity contribution >= 4 is 11.6 Å². The topological polar surface area (TPSA) is 64.4 Å². The molecule has 104 valence electrons. The summed E-state index contributed by atoms with van der Waals surface area (Å²) in [5.74, 6) is -1.99. The van der Waals surface area contributed by atoms with Crippen LogP contribution in [0.1, 0.15) is 23.2 Å². The van der Waals surface area contributed by atoms with Crippen molar-refractivity contribution in [1.82, 2.24) is 5.32 Å². The standard InChI is InChI=1S/C13H16F2N2O2/c14-10-5-9(6-11(15)12(10)16)13(18)17-7-8-1-3-19-4-2-8/h5-6,8H,1-4,7,16H2,(H,17,18). The molecule has 0 unspecified atom stereocenters. The number of amides is 1. The molecule has 1 aromatic carbocycles. The minimum Gasteiger partial charge on any atom is -0.394 e. The Kier molecular flexibility index (Phi) is 4.31. The minimum atomic E-state index is -0.920. The molecule has 2 rings (SSSR count). The summed E-state index contributed by atoms with van der Waals surface area (Å²) in [6.07, 6.45) is 1.76. The molecule has 1 amide bonds. The quantitative estimate of drug-likeness (QED) is 0.822. The zero-order valence-corrected chi connectivity index (χ0v) is 10.4. The van der Waals surface area contributed by atoms with Crippen molar-refractivity contribution < 1.29 is 18.3 Å². The third-order valence-corrected chi connectivity index (χ3v) is 3.23. The van der Waals surface area contributed by atoms with Crippen LogP contribution in [-0.4, -0.2) is 25.7 Å². The number of rotatable bonds is 3. The highest BCUT2D eigenvalue weighted by atomic mass is 19.1. The Hall–Kier alpha value is -1.69. The van der Waals surface area contributed by atoms with Crippen molar-refractivity contribution in [3.63, 3.8) is 0 Å². The molecular weight excluding hydrogens is 254 g/mol. The fourth-order valence-electron chi connectivity index (χ4n) is 2.01. The van der Waals surface area contributed by atoms with E-state index in [0.29, 0.717) is 25.7 Å². The first-order valence-electron chi connectivity index (χ1n) is 6.18. The third-order valence-electron chi connectivity index (χ3n) is 3.23. The van der Waals surface area contributed by atoms with Gasteiger partial charge in [0.25, 0.3) is 5.91 Å². The smallest absolute Gasteiger partial charge is 0.251 e. The fourth-order valence-corrected chi connectivity index (χ4v) is 2.01. The van der Waals surface area contributed by atoms with Crippen LogP contribution in [0.3, 0.4) is 0 Å². The van der Waals surface area contributed by atoms with Crippen LogP contribution in [0, 0.1) is 17.6 Å². The zero-order valence-electron chi connectivity index (χ0n) is 10.4. The van der Waals surface area contributed by atoms with Gasteiger partial charge in [-0.25, -0.2) is 8.78 Å². The first kappa shape index (κ1) is 13.7. The van der Waals surface area contributed by atoms with Gasteiger partial charge in [0.05, 0.1) is 0 Å². The molecule has 0 atom stereocenters. The van der Waals surface area contributed by atoms with Gasteiger partial charge in [0.15, 0.2) is 0 Å². The summed E-state index contributed by atoms with van der Waals surface area (Å²) in [5, 5.41) is 2.67. The monoisotopic (exact) mass is 270 g/mol. The zero-order chi connectivity index (χ0) is 13.8. The number of halogens is 2. The van der Waals surface area contributed by atoms with Crippen molar-refractivity contribution in [2.45, 2.75) is 12.8 Å². The largest absolute Gasteiger partial charge is 0.394 e. The second kappa shape index (κ2) is 5.97. The van der Waals surface area contributed by atoms with Crippen LogP contribution in [0.4, 0.5) is 14.5 Å². The Morgan fingerprint density at radius 3 is 2.47 bits per heavy atom. The molecule has 0 aromatic heterocycles. The van der Waals surface area contributed by atoms with E-state index < -0.39 is 23.2 Å². The molecule has 3 N–H and O–H groups in total. The number of carbonyl (C=O) groups excluding carboxylic acids is 1. The Bertz CT molecular complexity index is 451. The first-order valence-corrected chi connectivity index (χ1v) is 6.18. The van der Waals surface area contributed by atoms with Gasteiger partial charge in [-0.15, -0.1) is 0 Å². The number of nitrogens with two attached hydrogens (primary N) is 1. The van der Waals surface area contributed by atoms with E-state index >= 15 is 0 Å². The molecule has 0 radical (unpaired) electrons. The van der Waals surface area contributed by atoms with E-state index in [4.69, 9.17) is 10.5 Å². The van der Waals surface area contributed by atoms with Crippen LogP contribution < -0.4 is 11.1 Å². The van der Waals surface area contributed by atoms with Crippen molar-refractivity contribution in [2.24, 2.45) is 5.92 Å². The predicted octanol–water partition coefficient (Wildman–Crippen LogP) is 1.70. The van der Waals surface area contributed by atoms with Gasteiger partial charge in [-0.05, 0) is 30.9 Å². The van der Waals surface area contributed by atoms with Gasteiger partial charge in [-0.3, -0.25) is 4.79 Å². The van der Waals surface area contributed by atoms with E-state index in [1.54, 1.807) is 0 Å². The fraction of sp³-hybridized carbons (Fsp3) is 0.462. The van der Waals surface area contributed by atoms with E-state index in [-0.39, 0.29) is 5.56 Å². The number of carbonyl (C=O) groups is 1. The highest BCUT2D eigenvalue weighted by molar-refractivity contribution is 5.94. The molecule has 1 aliphatic rings. The van der Waals surface area contributed by atoms with E-state index in [0.717, 1.165) is 25.0 Å². The van der Waals surface area contributed by atoms with Gasteiger partial charge in [-0.1, -0.05) is 0 Å². The number of nitrogen functional groups attached to an aromatic ring is 1. The number of benzene rings is 1. The van der Waals surface area contributed by atoms with Crippen molar-refractivity contribution in [1.29, 1.82) is 0 Å². The number of ether oxygens (including phenoxy) is 1. The molecule has 1 aliphatic heterocycles. The maximum Gasteiger partial charge on any atom is 0.251 e. The lowest BCUT2D eigenvalue weighted by Gasteiger charge is -2.22. The highest BCUT2D eigenvalue weighted by Crippen LogP contribution is 2.18. The van der Waals surface area contributed by atoms with E-state index in [2.05, 4.69) is 5.32 Å². The summed E-state index contributed by atoms with van der Waals surface area (Å²) in [5.41, 5.74) is 4.52. The number of anilines is 1. The highest BCUT2D eigenvalue weighted by Gasteiger charge is 2.17. The van der Waals surface area contributed by atoms with Gasteiger partial charge >= 0.3 is 0 Å². The Morgan fingerprint density at radius 1 is 1.32 bits per heavy atom. The van der Waals surface area contributed by atoms with E-state index in [1.807, 2.05) is 0 Å². The minimum absolute atomic E-state index is 0.0590. The molecule has 19 heavy (non-hydrogen) atoms. The number of nitrogens with one attached hydrogen (secondary N) is 1. The molecule has 0 aliphatic carbocycles. The second-order valence-corrected chi connectivity index (χ2v) is 4.62. The molecule has 0 spiro atoms. The normalized spacial score (nSPS) is 16.3. The van der Waals surface area contributed by atoms with Gasteiger partial charge in [-0.2, -0.15) is 0 Å². The average Bonchev–Trinajstić information content (AvgIpc) is 2.42. The van der Waals surface area contributed by atoms with E-state index in [1.165, 1.54) is 0 Å². The average molecular weight is 270 g/mol. The summed E-state index contributed by atoms with van der Waals surface area (Å²) in [7, 11) is 0. The SMILES string of the molecule is Nc1c(F)cc(C(=O)NCC2CCOCC2)cc1F. The Balaban J connectivity index is 1.96. The molecule has 4 nitrogen and oxygen atoms in total. The molecule has 1 aromatic rings. The predicted molar refractivity (Wildman–Crippen MR) is 66.6 cm³/mol. The molecule has 1 heterocycles.